The van der Waals surface area contributed by atoms with Gasteiger partial charge < -0.3 is 9.88 Å². The normalized spacial score (nSPS) is 14.6. The number of carbonyl (C=O) groups is 1. The Morgan fingerprint density at radius 1 is 1.03 bits per heavy atom. The summed E-state index contributed by atoms with van der Waals surface area (Å²) < 4.78 is 2.23. The Balaban J connectivity index is 1.39. The first-order valence-corrected chi connectivity index (χ1v) is 12.2. The summed E-state index contributed by atoms with van der Waals surface area (Å²) in [6, 6.07) is 18.6. The van der Waals surface area contributed by atoms with Crippen LogP contribution in [0.5, 0.6) is 0 Å². The molecule has 5 nitrogen and oxygen atoms in total. The van der Waals surface area contributed by atoms with Gasteiger partial charge in [-0.15, -0.1) is 10.2 Å². The molecule has 0 saturated heterocycles. The second-order valence-electron chi connectivity index (χ2n) is 7.44. The number of anilines is 1. The van der Waals surface area contributed by atoms with Crippen molar-refractivity contribution >= 4 is 35.1 Å². The van der Waals surface area contributed by atoms with Crippen LogP contribution < -0.4 is 5.32 Å². The Bertz CT molecular complexity index is 984. The molecular weight excluding hydrogens is 412 g/mol. The number of aromatic nitrogens is 3. The third-order valence-electron chi connectivity index (χ3n) is 5.24. The Hall–Kier alpha value is -2.25. The molecule has 1 N–H and O–H groups in total. The Morgan fingerprint density at radius 2 is 1.77 bits per heavy atom. The number of hydrogen-bond donors (Lipinski definition) is 1. The summed E-state index contributed by atoms with van der Waals surface area (Å²) in [5, 5.41) is 12.5. The van der Waals surface area contributed by atoms with Gasteiger partial charge in [-0.2, -0.15) is 0 Å². The van der Waals surface area contributed by atoms with E-state index in [4.69, 9.17) is 0 Å². The van der Waals surface area contributed by atoms with Crippen molar-refractivity contribution in [3.05, 3.63) is 60.4 Å². The van der Waals surface area contributed by atoms with Crippen LogP contribution in [-0.4, -0.2) is 26.4 Å². The highest BCUT2D eigenvalue weighted by Gasteiger charge is 2.22. The SMILES string of the molecule is Cc1nnc(SCC(=O)Nc2ccccc2Sc2ccccc2)n1C1CCCCC1. The predicted octanol–water partition coefficient (Wildman–Crippen LogP) is 5.97. The lowest BCUT2D eigenvalue weighted by Gasteiger charge is -2.24. The molecule has 1 amide bonds. The summed E-state index contributed by atoms with van der Waals surface area (Å²) in [6.07, 6.45) is 6.15. The number of thioether (sulfide) groups is 1. The van der Waals surface area contributed by atoms with Gasteiger partial charge in [0.15, 0.2) is 5.16 Å². The largest absolute Gasteiger partial charge is 0.324 e. The first-order chi connectivity index (χ1) is 14.7. The average molecular weight is 439 g/mol. The number of aryl methyl sites for hydroxylation is 1. The van der Waals surface area contributed by atoms with Crippen LogP contribution in [-0.2, 0) is 4.79 Å². The molecule has 1 fully saturated rings. The maximum absolute atomic E-state index is 12.7. The van der Waals surface area contributed by atoms with Gasteiger partial charge in [-0.05, 0) is 44.0 Å². The van der Waals surface area contributed by atoms with E-state index < -0.39 is 0 Å². The number of hydrogen-bond acceptors (Lipinski definition) is 5. The van der Waals surface area contributed by atoms with Crippen LogP contribution in [0.2, 0.25) is 0 Å². The molecule has 1 heterocycles. The maximum atomic E-state index is 12.7. The van der Waals surface area contributed by atoms with Crippen LogP contribution in [0.15, 0.2) is 69.5 Å². The van der Waals surface area contributed by atoms with Crippen LogP contribution in [0, 0.1) is 6.92 Å². The minimum absolute atomic E-state index is 0.0306. The molecule has 3 aromatic rings. The molecule has 0 atom stereocenters. The number of rotatable bonds is 7. The minimum Gasteiger partial charge on any atom is -0.324 e. The van der Waals surface area contributed by atoms with Crippen LogP contribution in [0.3, 0.4) is 0 Å². The number of para-hydroxylation sites is 1. The van der Waals surface area contributed by atoms with Crippen molar-refractivity contribution in [3.63, 3.8) is 0 Å². The second kappa shape index (κ2) is 10.2. The summed E-state index contributed by atoms with van der Waals surface area (Å²) in [5.41, 5.74) is 0.835. The Morgan fingerprint density at radius 3 is 2.57 bits per heavy atom. The van der Waals surface area contributed by atoms with Gasteiger partial charge in [-0.1, -0.05) is 73.1 Å². The summed E-state index contributed by atoms with van der Waals surface area (Å²) >= 11 is 3.12. The number of nitrogens with zero attached hydrogens (tertiary/aromatic N) is 3. The fraction of sp³-hybridized carbons (Fsp3) is 0.348. The van der Waals surface area contributed by atoms with E-state index in [1.165, 1.54) is 43.9 Å². The number of benzene rings is 2. The quantitative estimate of drug-likeness (QED) is 0.460. The minimum atomic E-state index is -0.0306. The molecule has 0 aliphatic heterocycles. The third-order valence-corrected chi connectivity index (χ3v) is 7.27. The van der Waals surface area contributed by atoms with E-state index in [1.54, 1.807) is 11.8 Å². The average Bonchev–Trinajstić information content (AvgIpc) is 3.15. The van der Waals surface area contributed by atoms with Crippen molar-refractivity contribution in [1.82, 2.24) is 14.8 Å². The lowest BCUT2D eigenvalue weighted by Crippen LogP contribution is -2.17. The molecule has 30 heavy (non-hydrogen) atoms. The van der Waals surface area contributed by atoms with Crippen LogP contribution in [0.25, 0.3) is 0 Å². The number of amides is 1. The first kappa shape index (κ1) is 21.0. The molecule has 0 spiro atoms. The van der Waals surface area contributed by atoms with Crippen LogP contribution >= 0.6 is 23.5 Å². The fourth-order valence-electron chi connectivity index (χ4n) is 3.80. The summed E-state index contributed by atoms with van der Waals surface area (Å²) in [6.45, 7) is 2.00. The molecule has 2 aromatic carbocycles. The zero-order valence-electron chi connectivity index (χ0n) is 17.1. The molecule has 1 aliphatic rings. The Labute approximate surface area is 186 Å². The summed E-state index contributed by atoms with van der Waals surface area (Å²) in [7, 11) is 0. The lowest BCUT2D eigenvalue weighted by molar-refractivity contribution is -0.113. The molecular formula is C23H26N4OS2. The molecule has 1 aliphatic carbocycles. The predicted molar refractivity (Wildman–Crippen MR) is 123 cm³/mol. The van der Waals surface area contributed by atoms with Crippen molar-refractivity contribution in [3.8, 4) is 0 Å². The van der Waals surface area contributed by atoms with Gasteiger partial charge >= 0.3 is 0 Å². The van der Waals surface area contributed by atoms with Gasteiger partial charge in [0.1, 0.15) is 5.82 Å². The second-order valence-corrected chi connectivity index (χ2v) is 9.50. The maximum Gasteiger partial charge on any atom is 0.234 e. The molecule has 1 aromatic heterocycles. The molecule has 7 heteroatoms. The van der Waals surface area contributed by atoms with E-state index >= 15 is 0 Å². The number of nitrogens with one attached hydrogen (secondary N) is 1. The van der Waals surface area contributed by atoms with Gasteiger partial charge in [-0.25, -0.2) is 0 Å². The van der Waals surface area contributed by atoms with E-state index in [9.17, 15) is 4.79 Å². The molecule has 0 unspecified atom stereocenters. The van der Waals surface area contributed by atoms with E-state index in [-0.39, 0.29) is 5.91 Å². The van der Waals surface area contributed by atoms with Crippen molar-refractivity contribution in [2.45, 2.75) is 60.0 Å². The topological polar surface area (TPSA) is 59.8 Å². The Kier molecular flexibility index (Phi) is 7.12. The zero-order valence-corrected chi connectivity index (χ0v) is 18.7. The lowest BCUT2D eigenvalue weighted by atomic mass is 9.95. The van der Waals surface area contributed by atoms with Crippen molar-refractivity contribution in [1.29, 1.82) is 0 Å². The standard InChI is InChI=1S/C23H26N4OS2/c1-17-25-26-23(27(17)18-10-4-2-5-11-18)29-16-22(28)24-20-14-8-9-15-21(20)30-19-12-6-3-7-13-19/h3,6-9,12-15,18H,2,4-5,10-11,16H2,1H3,(H,24,28). The van der Waals surface area contributed by atoms with Crippen molar-refractivity contribution in [2.24, 2.45) is 0 Å². The van der Waals surface area contributed by atoms with Crippen LogP contribution in [0.1, 0.15) is 44.0 Å². The van der Waals surface area contributed by atoms with E-state index in [2.05, 4.69) is 32.2 Å². The fourth-order valence-corrected chi connectivity index (χ4v) is 5.57. The zero-order chi connectivity index (χ0) is 20.8. The van der Waals surface area contributed by atoms with Crippen molar-refractivity contribution in [2.75, 3.05) is 11.1 Å². The van der Waals surface area contributed by atoms with Gasteiger partial charge in [0.25, 0.3) is 0 Å². The number of carbonyl (C=O) groups excluding carboxylic acids is 1. The first-order valence-electron chi connectivity index (χ1n) is 10.4. The van der Waals surface area contributed by atoms with E-state index in [0.717, 1.165) is 26.5 Å². The van der Waals surface area contributed by atoms with Gasteiger partial charge in [0, 0.05) is 15.8 Å². The highest BCUT2D eigenvalue weighted by Crippen LogP contribution is 2.34. The van der Waals surface area contributed by atoms with Gasteiger partial charge in [0.2, 0.25) is 5.91 Å². The molecule has 0 bridgehead atoms. The van der Waals surface area contributed by atoms with Crippen LogP contribution in [0.4, 0.5) is 5.69 Å². The van der Waals surface area contributed by atoms with E-state index in [1.807, 2.05) is 49.4 Å². The third kappa shape index (κ3) is 5.26. The van der Waals surface area contributed by atoms with Crippen molar-refractivity contribution < 1.29 is 4.79 Å². The van der Waals surface area contributed by atoms with Gasteiger partial charge in [0.05, 0.1) is 11.4 Å². The highest BCUT2D eigenvalue weighted by atomic mass is 32.2. The molecule has 4 rings (SSSR count). The molecule has 156 valence electrons. The van der Waals surface area contributed by atoms with E-state index in [0.29, 0.717) is 11.8 Å². The highest BCUT2D eigenvalue weighted by molar-refractivity contribution is 8.00. The molecule has 0 radical (unpaired) electrons. The molecule has 1 saturated carbocycles. The summed E-state index contributed by atoms with van der Waals surface area (Å²) in [4.78, 5) is 14.9. The van der Waals surface area contributed by atoms with Gasteiger partial charge in [-0.3, -0.25) is 4.79 Å². The smallest absolute Gasteiger partial charge is 0.234 e. The summed E-state index contributed by atoms with van der Waals surface area (Å²) in [5.74, 6) is 1.22. The monoisotopic (exact) mass is 438 g/mol.